The number of carbonyl (C=O) groups is 6. The normalized spacial score (nSPS) is 34.6. The summed E-state index contributed by atoms with van der Waals surface area (Å²) in [6.45, 7) is -0.815. The van der Waals surface area contributed by atoms with E-state index >= 15 is 0 Å². The minimum Gasteiger partial charge on any atom is -0.477 e. The number of rotatable bonds is 62. The van der Waals surface area contributed by atoms with Crippen molar-refractivity contribution in [1.82, 2.24) is 21.3 Å². The number of nitrogens with one attached hydrogen (secondary N) is 4. The molecule has 6 aliphatic heterocycles. The average Bonchev–Trinajstić information content (AvgIpc) is 0.747. The number of carboxylic acid groups (broad SMARTS) is 2. The van der Waals surface area contributed by atoms with E-state index in [2.05, 4.69) is 35.1 Å². The van der Waals surface area contributed by atoms with Crippen LogP contribution in [0.15, 0.2) is 12.2 Å². The molecule has 34 atom stereocenters. The first kappa shape index (κ1) is 114. The van der Waals surface area contributed by atoms with Crippen molar-refractivity contribution in [2.45, 2.75) is 454 Å². The molecule has 6 fully saturated rings. The summed E-state index contributed by atoms with van der Waals surface area (Å²) in [5.74, 6) is -14.5. The van der Waals surface area contributed by atoms with Gasteiger partial charge in [-0.25, -0.2) is 9.59 Å². The number of hydrogen-bond acceptors (Lipinski definition) is 37. The number of carboxylic acids is 2. The fourth-order valence-electron chi connectivity index (χ4n) is 17.4. The van der Waals surface area contributed by atoms with E-state index in [1.54, 1.807) is 6.08 Å². The number of amides is 4. The zero-order valence-electron chi connectivity index (χ0n) is 75.7. The lowest BCUT2D eigenvalue weighted by atomic mass is 9.88. The maximum atomic E-state index is 14.1. The third-order valence-electron chi connectivity index (χ3n) is 24.8. The molecular weight excluding hydrogens is 1720 g/mol. The van der Waals surface area contributed by atoms with E-state index in [1.807, 2.05) is 0 Å². The second-order valence-electron chi connectivity index (χ2n) is 35.3. The Kier molecular flexibility index (Phi) is 51.6. The number of ether oxygens (including phenoxy) is 12. The van der Waals surface area contributed by atoms with Gasteiger partial charge < -0.3 is 185 Å². The van der Waals surface area contributed by atoms with Crippen molar-refractivity contribution >= 4 is 35.6 Å². The van der Waals surface area contributed by atoms with E-state index in [9.17, 15) is 136 Å². The summed E-state index contributed by atoms with van der Waals surface area (Å²) in [6.07, 6.45) is -28.1. The number of aliphatic hydroxyl groups is 19. The van der Waals surface area contributed by atoms with Crippen LogP contribution in [0.25, 0.3) is 0 Å². The molecule has 756 valence electrons. The van der Waals surface area contributed by atoms with Crippen molar-refractivity contribution < 1.29 is 193 Å². The number of aliphatic hydroxyl groups excluding tert-OH is 19. The van der Waals surface area contributed by atoms with Gasteiger partial charge in [-0.3, -0.25) is 19.2 Å². The maximum Gasteiger partial charge on any atom is 0.364 e. The van der Waals surface area contributed by atoms with Crippen LogP contribution in [0.5, 0.6) is 0 Å². The van der Waals surface area contributed by atoms with Crippen molar-refractivity contribution in [2.24, 2.45) is 0 Å². The first-order chi connectivity index (χ1) is 62.1. The van der Waals surface area contributed by atoms with Gasteiger partial charge in [0, 0.05) is 40.0 Å². The van der Waals surface area contributed by atoms with Gasteiger partial charge in [-0.2, -0.15) is 0 Å². The molecule has 0 unspecified atom stereocenters. The highest BCUT2D eigenvalue weighted by atomic mass is 16.8. The molecule has 6 aliphatic rings. The Hall–Kier alpha value is -4.68. The number of unbranched alkanes of at least 4 members (excludes halogenated alkanes) is 28. The predicted octanol–water partition coefficient (Wildman–Crippen LogP) is -2.70. The van der Waals surface area contributed by atoms with Gasteiger partial charge in [0.25, 0.3) is 11.6 Å². The van der Waals surface area contributed by atoms with Crippen molar-refractivity contribution in [3.8, 4) is 0 Å². The van der Waals surface area contributed by atoms with E-state index < -0.39 is 302 Å². The Morgan fingerprint density at radius 3 is 1.17 bits per heavy atom. The van der Waals surface area contributed by atoms with Crippen LogP contribution in [-0.2, 0) is 85.6 Å². The van der Waals surface area contributed by atoms with E-state index in [1.165, 1.54) is 122 Å². The molecular formula is C87H154N4O39. The monoisotopic (exact) mass is 1880 g/mol. The zero-order valence-corrected chi connectivity index (χ0v) is 75.7. The standard InChI is InChI=1S/C87H154N4O39/c1-6-8-10-12-14-16-18-20-21-22-23-24-26-28-30-32-34-36-38-61(106)91-51(52(101)37-35-33-31-29-27-25-19-17-15-13-11-9-7-2)47-119-81-70(112)69(111)73(59(45-96)122-81)124-83-72(114)79(130-87(85(117)118)40-54(103)63(89-49(4)99)77(128-87)66(108)56(105)42-93)74(60(46-97)123-83)125-80-64(90-50(5)100)75(67(109)57(43-94)120-80)126-82-71(113)78(68(110)58(44-95)121-82)129-86(84(115)116)39-53(102)62(88-48(3)98)76(127-86)65(107)55(104)41-92/h35,37,51-60,62-83,92-97,101-105,107-114H,6-34,36,38-47H2,1-5H3,(H,88,98)(H,89,99)(H,90,100)(H,91,106)(H,115,116)(H,117,118)/b37-35+/t51-,52+,53-,54-,55+,56+,57+,58+,59+,60+,62+,63+,64+,65+,66+,67-,68-,69+,70+,71+,72+,73+,74-,75+,76+,77+,78-,79+,80-,81+,82-,83-,86-,87-/m0/s1. The van der Waals surface area contributed by atoms with Gasteiger partial charge in [0.05, 0.1) is 82.7 Å². The molecule has 6 saturated heterocycles. The SMILES string of the molecule is CCCCCCCCCCCCC/C=C/[C@@H](O)[C@H](CO[C@@H]1O[C@H](CO)[C@@H](O[C@@H]2O[C@H](CO)[C@H](O[C@@H]3O[C@H](CO)[C@H](O)[C@H](O[C@@H]4O[C@H](CO)[C@H](O)[C@H](O[C@]5(C(=O)O)C[C@H](O)[C@@H](NC(C)=O)[C@H]([C@H](O)[C@H](O)CO)O5)[C@H]4O)[C@H]3NC(C)=O)[C@H](O[C@]3(C(=O)O)C[C@H](O)[C@@H](NC(C)=O)[C@H]([C@H](O)[C@H](O)CO)O3)[C@H]2O)[C@H](O)[C@H]1O)NC(=O)CCCCCCCCCCCCCCCCCCCC. The van der Waals surface area contributed by atoms with Crippen LogP contribution in [-0.4, -0.2) is 396 Å². The van der Waals surface area contributed by atoms with Crippen LogP contribution < -0.4 is 21.3 Å². The Labute approximate surface area is 759 Å². The highest BCUT2D eigenvalue weighted by molar-refractivity contribution is 5.78. The quantitative estimate of drug-likeness (QED) is 0.0218. The molecule has 6 rings (SSSR count). The van der Waals surface area contributed by atoms with E-state index in [4.69, 9.17) is 56.8 Å². The topological polar surface area (TPSA) is 686 Å². The predicted molar refractivity (Wildman–Crippen MR) is 454 cm³/mol. The summed E-state index contributed by atoms with van der Waals surface area (Å²) in [7, 11) is 0. The van der Waals surface area contributed by atoms with E-state index in [-0.39, 0.29) is 6.42 Å². The molecule has 0 spiro atoms. The number of aliphatic carboxylic acids is 2. The molecule has 0 bridgehead atoms. The molecule has 4 amide bonds. The lowest BCUT2D eigenvalue weighted by Gasteiger charge is -2.53. The molecule has 6 heterocycles. The fraction of sp³-hybridized carbons (Fsp3) is 0.908. The van der Waals surface area contributed by atoms with Gasteiger partial charge in [0.1, 0.15) is 134 Å². The molecule has 0 aromatic heterocycles. The molecule has 25 N–H and O–H groups in total. The van der Waals surface area contributed by atoms with Crippen LogP contribution in [0.2, 0.25) is 0 Å². The van der Waals surface area contributed by atoms with Crippen molar-refractivity contribution in [2.75, 3.05) is 46.2 Å². The van der Waals surface area contributed by atoms with Crippen molar-refractivity contribution in [1.29, 1.82) is 0 Å². The van der Waals surface area contributed by atoms with Crippen LogP contribution in [0.3, 0.4) is 0 Å². The summed E-state index contributed by atoms with van der Waals surface area (Å²) in [6, 6.07) is -6.94. The fourth-order valence-corrected chi connectivity index (χ4v) is 17.4. The molecule has 0 aromatic rings. The van der Waals surface area contributed by atoms with E-state index in [0.29, 0.717) is 12.8 Å². The number of carbonyl (C=O) groups excluding carboxylic acids is 4. The second-order valence-corrected chi connectivity index (χ2v) is 35.3. The minimum atomic E-state index is -3.50. The summed E-state index contributed by atoms with van der Waals surface area (Å²) in [5.41, 5.74) is 0. The molecule has 43 nitrogen and oxygen atoms in total. The lowest BCUT2D eigenvalue weighted by Crippen LogP contribution is -2.72. The van der Waals surface area contributed by atoms with Gasteiger partial charge in [0.15, 0.2) is 25.2 Å². The average molecular weight is 1880 g/mol. The molecule has 43 heteroatoms. The van der Waals surface area contributed by atoms with Gasteiger partial charge in [0.2, 0.25) is 23.6 Å². The molecule has 0 radical (unpaired) electrons. The van der Waals surface area contributed by atoms with Crippen molar-refractivity contribution in [3.63, 3.8) is 0 Å². The largest absolute Gasteiger partial charge is 0.477 e. The van der Waals surface area contributed by atoms with Gasteiger partial charge >= 0.3 is 11.9 Å². The van der Waals surface area contributed by atoms with Crippen molar-refractivity contribution in [3.05, 3.63) is 12.2 Å². The number of hydrogen-bond donors (Lipinski definition) is 25. The zero-order chi connectivity index (χ0) is 96.0. The number of allylic oxidation sites excluding steroid dienone is 1. The summed E-state index contributed by atoms with van der Waals surface area (Å²) in [4.78, 5) is 79.7. The van der Waals surface area contributed by atoms with Crippen LogP contribution in [0.4, 0.5) is 0 Å². The second kappa shape index (κ2) is 58.8. The molecule has 0 aromatic carbocycles. The smallest absolute Gasteiger partial charge is 0.364 e. The van der Waals surface area contributed by atoms with Crippen LogP contribution in [0.1, 0.15) is 247 Å². The Balaban J connectivity index is 1.28. The highest BCUT2D eigenvalue weighted by Gasteiger charge is 2.64. The minimum absolute atomic E-state index is 0.0957. The Morgan fingerprint density at radius 2 is 0.754 bits per heavy atom. The molecule has 0 saturated carbocycles. The third-order valence-corrected chi connectivity index (χ3v) is 24.8. The van der Waals surface area contributed by atoms with E-state index in [0.717, 1.165) is 85.0 Å². The van der Waals surface area contributed by atoms with Crippen LogP contribution >= 0.6 is 0 Å². The highest BCUT2D eigenvalue weighted by Crippen LogP contribution is 2.43. The van der Waals surface area contributed by atoms with Gasteiger partial charge in [-0.05, 0) is 19.3 Å². The summed E-state index contributed by atoms with van der Waals surface area (Å²) < 4.78 is 72.5. The maximum absolute atomic E-state index is 14.1. The van der Waals surface area contributed by atoms with Gasteiger partial charge in [-0.1, -0.05) is 199 Å². The Bertz CT molecular complexity index is 3260. The summed E-state index contributed by atoms with van der Waals surface area (Å²) in [5, 5.41) is 247. The first-order valence-electron chi connectivity index (χ1n) is 46.7. The van der Waals surface area contributed by atoms with Gasteiger partial charge in [-0.15, -0.1) is 0 Å². The third kappa shape index (κ3) is 33.9. The summed E-state index contributed by atoms with van der Waals surface area (Å²) >= 11 is 0. The first-order valence-corrected chi connectivity index (χ1v) is 46.7. The molecule has 0 aliphatic carbocycles. The Morgan fingerprint density at radius 1 is 0.400 bits per heavy atom. The van der Waals surface area contributed by atoms with Crippen LogP contribution in [0, 0.1) is 0 Å². The molecule has 130 heavy (non-hydrogen) atoms. The lowest BCUT2D eigenvalue weighted by molar-refractivity contribution is -0.405.